The van der Waals surface area contributed by atoms with Crippen LogP contribution in [-0.4, -0.2) is 73.4 Å². The molecule has 0 saturated carbocycles. The Morgan fingerprint density at radius 2 is 1.55 bits per heavy atom. The number of nitrogens with zero attached hydrogens (tertiary/aromatic N) is 1. The number of primary amides is 1. The normalized spacial score (nSPS) is 8.45. The van der Waals surface area contributed by atoms with Gasteiger partial charge in [0.2, 0.25) is 5.91 Å². The van der Waals surface area contributed by atoms with Crippen molar-refractivity contribution in [2.75, 3.05) is 27.7 Å². The second-order valence-electron chi connectivity index (χ2n) is 3.12. The molecule has 0 aliphatic heterocycles. The van der Waals surface area contributed by atoms with Crippen LogP contribution in [0.25, 0.3) is 0 Å². The maximum absolute atomic E-state index is 10.4. The summed E-state index contributed by atoms with van der Waals surface area (Å²) >= 11 is 0. The molecule has 128 valence electrons. The number of hydrogen-bond acceptors (Lipinski definition) is 5. The summed E-state index contributed by atoms with van der Waals surface area (Å²) in [5, 5.41) is 0. The number of amides is 1. The summed E-state index contributed by atoms with van der Waals surface area (Å²) in [6.45, 7) is 4.35. The molecule has 0 unspecified atom stereocenters. The van der Waals surface area contributed by atoms with Crippen LogP contribution in [0.15, 0.2) is 12.2 Å². The Morgan fingerprint density at radius 3 is 1.70 bits per heavy atom. The molecule has 0 aromatic carbocycles. The molecule has 0 bridgehead atoms. The van der Waals surface area contributed by atoms with Crippen molar-refractivity contribution in [2.24, 2.45) is 5.73 Å². The van der Waals surface area contributed by atoms with Crippen molar-refractivity contribution in [1.29, 1.82) is 0 Å². The first-order chi connectivity index (χ1) is 7.10. The first kappa shape index (κ1) is 36.4. The zero-order valence-corrected chi connectivity index (χ0v) is 12.5. The minimum absolute atomic E-state index is 0. The molecule has 20 heavy (non-hydrogen) atoms. The van der Waals surface area contributed by atoms with E-state index in [0.717, 1.165) is 13.7 Å². The molecule has 0 aromatic heterocycles. The molecule has 11 N–H and O–H groups in total. The zero-order chi connectivity index (χ0) is 13.4. The highest BCUT2D eigenvalue weighted by Crippen LogP contribution is 1.96. The molecule has 12 heteroatoms. The Kier molecular flexibility index (Phi) is 32.5. The summed E-state index contributed by atoms with van der Waals surface area (Å²) in [7, 11) is 0.586. The summed E-state index contributed by atoms with van der Waals surface area (Å²) in [4.78, 5) is 12.4. The van der Waals surface area contributed by atoms with Crippen LogP contribution >= 0.6 is 0 Å². The molecule has 0 rings (SSSR count). The molecular formula is C8H26N2O9S. The molecule has 0 aliphatic carbocycles. The fourth-order valence-corrected chi connectivity index (χ4v) is 0.482. The largest absolute Gasteiger partial charge is 0.412 e. The average Bonchev–Trinajstić information content (AvgIpc) is 2.13. The minimum atomic E-state index is -4.16. The standard InChI is InChI=1S/C7H14N2O.CH4O4S.4H2O/c1-6(7(8)10)4-5-9(2)3;1-5-6(2,3)4;;;;/h1,4-5H2,2-3H3,(H2,8,10);1H3,(H,2,3,4);4*1H2. The molecule has 0 aliphatic rings. The first-order valence-corrected chi connectivity index (χ1v) is 5.62. The van der Waals surface area contributed by atoms with Crippen LogP contribution in [0.4, 0.5) is 0 Å². The van der Waals surface area contributed by atoms with Crippen LogP contribution in [0, 0.1) is 0 Å². The molecule has 0 heterocycles. The highest BCUT2D eigenvalue weighted by Gasteiger charge is 2.00. The molecule has 11 nitrogen and oxygen atoms in total. The summed E-state index contributed by atoms with van der Waals surface area (Å²) < 4.78 is 29.7. The van der Waals surface area contributed by atoms with Crippen molar-refractivity contribution in [1.82, 2.24) is 4.90 Å². The van der Waals surface area contributed by atoms with Crippen LogP contribution in [0.5, 0.6) is 0 Å². The monoisotopic (exact) mass is 326 g/mol. The molecule has 0 aromatic rings. The van der Waals surface area contributed by atoms with Gasteiger partial charge in [-0.15, -0.1) is 0 Å². The van der Waals surface area contributed by atoms with Gasteiger partial charge in [-0.25, -0.2) is 0 Å². The summed E-state index contributed by atoms with van der Waals surface area (Å²) in [5.41, 5.74) is 5.46. The van der Waals surface area contributed by atoms with Gasteiger partial charge in [-0.1, -0.05) is 6.58 Å². The van der Waals surface area contributed by atoms with E-state index in [2.05, 4.69) is 10.8 Å². The van der Waals surface area contributed by atoms with Crippen molar-refractivity contribution in [3.8, 4) is 0 Å². The number of carbonyl (C=O) groups excluding carboxylic acids is 1. The van der Waals surface area contributed by atoms with Gasteiger partial charge >= 0.3 is 10.4 Å². The number of nitrogens with two attached hydrogens (primary N) is 1. The maximum Gasteiger partial charge on any atom is 0.397 e. The minimum Gasteiger partial charge on any atom is -0.412 e. The summed E-state index contributed by atoms with van der Waals surface area (Å²) in [6.07, 6.45) is 0.655. The fourth-order valence-electron chi connectivity index (χ4n) is 0.482. The van der Waals surface area contributed by atoms with Gasteiger partial charge in [-0.2, -0.15) is 8.42 Å². The van der Waals surface area contributed by atoms with Crippen LogP contribution in [-0.2, 0) is 19.4 Å². The second kappa shape index (κ2) is 17.9. The number of rotatable bonds is 5. The third kappa shape index (κ3) is 36.0. The Hall–Kier alpha value is -1.12. The van der Waals surface area contributed by atoms with Gasteiger partial charge in [0.25, 0.3) is 0 Å². The van der Waals surface area contributed by atoms with Gasteiger partial charge in [0.05, 0.1) is 7.11 Å². The van der Waals surface area contributed by atoms with Gasteiger partial charge in [-0.3, -0.25) is 13.5 Å². The Balaban J connectivity index is -0.0000000440. The Morgan fingerprint density at radius 1 is 1.25 bits per heavy atom. The second-order valence-corrected chi connectivity index (χ2v) is 4.30. The zero-order valence-electron chi connectivity index (χ0n) is 11.6. The van der Waals surface area contributed by atoms with Crippen LogP contribution in [0.1, 0.15) is 6.42 Å². The van der Waals surface area contributed by atoms with E-state index in [9.17, 15) is 13.2 Å². The molecule has 0 radical (unpaired) electrons. The third-order valence-corrected chi connectivity index (χ3v) is 1.84. The van der Waals surface area contributed by atoms with Crippen molar-refractivity contribution < 1.29 is 43.9 Å². The number of carbonyl (C=O) groups is 1. The van der Waals surface area contributed by atoms with Gasteiger partial charge in [-0.05, 0) is 20.5 Å². The van der Waals surface area contributed by atoms with Gasteiger partial charge < -0.3 is 32.5 Å². The molecule has 0 fully saturated rings. The van der Waals surface area contributed by atoms with Crippen LogP contribution < -0.4 is 5.73 Å². The van der Waals surface area contributed by atoms with E-state index < -0.39 is 16.3 Å². The van der Waals surface area contributed by atoms with Crippen LogP contribution in [0.3, 0.4) is 0 Å². The molecule has 1 amide bonds. The maximum atomic E-state index is 10.4. The van der Waals surface area contributed by atoms with Crippen molar-refractivity contribution in [3.05, 3.63) is 12.2 Å². The lowest BCUT2D eigenvalue weighted by atomic mass is 10.2. The van der Waals surface area contributed by atoms with E-state index in [1.54, 1.807) is 0 Å². The molecule has 0 spiro atoms. The van der Waals surface area contributed by atoms with Crippen LogP contribution in [0.2, 0.25) is 0 Å². The molecule has 0 atom stereocenters. The van der Waals surface area contributed by atoms with Crippen molar-refractivity contribution >= 4 is 16.3 Å². The van der Waals surface area contributed by atoms with E-state index in [4.69, 9.17) is 10.3 Å². The molecule has 0 saturated heterocycles. The SMILES string of the molecule is C=C(CCN(C)C)C(N)=O.COS(=O)(=O)O.O.O.O.O. The highest BCUT2D eigenvalue weighted by atomic mass is 32.3. The van der Waals surface area contributed by atoms with E-state index in [-0.39, 0.29) is 21.9 Å². The first-order valence-electron chi connectivity index (χ1n) is 4.25. The van der Waals surface area contributed by atoms with E-state index in [0.29, 0.717) is 12.0 Å². The lowest BCUT2D eigenvalue weighted by Gasteiger charge is -2.08. The smallest absolute Gasteiger partial charge is 0.397 e. The predicted molar refractivity (Wildman–Crippen MR) is 74.5 cm³/mol. The third-order valence-electron chi connectivity index (χ3n) is 1.42. The van der Waals surface area contributed by atoms with E-state index in [1.165, 1.54) is 0 Å². The lowest BCUT2D eigenvalue weighted by molar-refractivity contribution is -0.114. The average molecular weight is 326 g/mol. The fraction of sp³-hybridized carbons (Fsp3) is 0.625. The van der Waals surface area contributed by atoms with Crippen molar-refractivity contribution in [3.63, 3.8) is 0 Å². The quantitative estimate of drug-likeness (QED) is 0.378. The Labute approximate surface area is 118 Å². The predicted octanol–water partition coefficient (Wildman–Crippen LogP) is -3.88. The van der Waals surface area contributed by atoms with Gasteiger partial charge in [0.1, 0.15) is 0 Å². The van der Waals surface area contributed by atoms with E-state index >= 15 is 0 Å². The lowest BCUT2D eigenvalue weighted by Crippen LogP contribution is -2.19. The molecular weight excluding hydrogens is 300 g/mol. The Bertz CT molecular complexity index is 329. The van der Waals surface area contributed by atoms with Gasteiger partial charge in [0.15, 0.2) is 0 Å². The topological polar surface area (TPSA) is 236 Å². The van der Waals surface area contributed by atoms with Gasteiger partial charge in [0, 0.05) is 12.1 Å². The van der Waals surface area contributed by atoms with Crippen molar-refractivity contribution in [2.45, 2.75) is 6.42 Å². The van der Waals surface area contributed by atoms with E-state index in [1.807, 2.05) is 19.0 Å². The summed E-state index contributed by atoms with van der Waals surface area (Å²) in [6, 6.07) is 0. The number of hydrogen-bond donors (Lipinski definition) is 2. The summed E-state index contributed by atoms with van der Waals surface area (Å²) in [5.74, 6) is -0.401. The highest BCUT2D eigenvalue weighted by molar-refractivity contribution is 7.80.